The molecular formula is C15H10N4O2S2. The molecule has 2 heterocycles. The summed E-state index contributed by atoms with van der Waals surface area (Å²) >= 11 is 2.28. The van der Waals surface area contributed by atoms with Crippen LogP contribution in [-0.2, 0) is 11.2 Å². The smallest absolute Gasteiger partial charge is 0.311 e. The first-order chi connectivity index (χ1) is 11.2. The van der Waals surface area contributed by atoms with Crippen molar-refractivity contribution in [2.75, 3.05) is 0 Å². The van der Waals surface area contributed by atoms with E-state index in [9.17, 15) is 9.90 Å². The number of carboxylic acids is 1. The highest BCUT2D eigenvalue weighted by Gasteiger charge is 2.21. The molecule has 6 nitrogen and oxygen atoms in total. The summed E-state index contributed by atoms with van der Waals surface area (Å²) in [4.78, 5) is 11.7. The highest BCUT2D eigenvalue weighted by atomic mass is 32.1. The molecule has 0 aliphatic carbocycles. The van der Waals surface area contributed by atoms with Crippen LogP contribution in [0.25, 0.3) is 22.1 Å². The second kappa shape index (κ2) is 5.64. The third-order valence-electron chi connectivity index (χ3n) is 3.74. The zero-order chi connectivity index (χ0) is 15.8. The van der Waals surface area contributed by atoms with Gasteiger partial charge in [0.15, 0.2) is 0 Å². The molecule has 8 heteroatoms. The van der Waals surface area contributed by atoms with E-state index in [0.29, 0.717) is 6.42 Å². The van der Waals surface area contributed by atoms with Crippen molar-refractivity contribution in [3.63, 3.8) is 0 Å². The topological polar surface area (TPSA) is 88.9 Å². The van der Waals surface area contributed by atoms with Crippen LogP contribution in [0, 0.1) is 0 Å². The molecule has 4 aromatic rings. The second-order valence-electron chi connectivity index (χ2n) is 5.19. The number of rotatable bonds is 4. The summed E-state index contributed by atoms with van der Waals surface area (Å²) in [5.74, 6) is -1.49. The van der Waals surface area contributed by atoms with Crippen LogP contribution < -0.4 is 0 Å². The van der Waals surface area contributed by atoms with Crippen LogP contribution in [0.15, 0.2) is 36.4 Å². The molecule has 0 fully saturated rings. The molecule has 0 saturated carbocycles. The van der Waals surface area contributed by atoms with E-state index in [-0.39, 0.29) is 0 Å². The summed E-state index contributed by atoms with van der Waals surface area (Å²) in [6.45, 7) is 0. The molecule has 2 aromatic heterocycles. The first-order valence-corrected chi connectivity index (χ1v) is 8.33. The molecule has 0 radical (unpaired) electrons. The van der Waals surface area contributed by atoms with Gasteiger partial charge in [0.25, 0.3) is 0 Å². The summed E-state index contributed by atoms with van der Waals surface area (Å²) in [6, 6.07) is 11.1. The number of benzene rings is 2. The van der Waals surface area contributed by atoms with Crippen LogP contribution in [-0.4, -0.2) is 28.6 Å². The maximum atomic E-state index is 11.7. The van der Waals surface area contributed by atoms with E-state index < -0.39 is 11.9 Å². The Morgan fingerprint density at radius 3 is 2.22 bits per heavy atom. The van der Waals surface area contributed by atoms with Gasteiger partial charge in [0.1, 0.15) is 22.1 Å². The monoisotopic (exact) mass is 342 g/mol. The summed E-state index contributed by atoms with van der Waals surface area (Å²) < 4.78 is 16.7. The number of hydrogen-bond acceptors (Lipinski definition) is 7. The quantitative estimate of drug-likeness (QED) is 0.613. The Morgan fingerprint density at radius 1 is 0.913 bits per heavy atom. The van der Waals surface area contributed by atoms with Crippen molar-refractivity contribution >= 4 is 51.5 Å². The minimum absolute atomic E-state index is 0.395. The van der Waals surface area contributed by atoms with E-state index >= 15 is 0 Å². The van der Waals surface area contributed by atoms with Crippen molar-refractivity contribution in [2.24, 2.45) is 0 Å². The summed E-state index contributed by atoms with van der Waals surface area (Å²) in [7, 11) is 0. The van der Waals surface area contributed by atoms with Gasteiger partial charge in [0.05, 0.1) is 29.4 Å². The van der Waals surface area contributed by atoms with E-state index in [0.717, 1.165) is 56.7 Å². The van der Waals surface area contributed by atoms with Crippen molar-refractivity contribution in [1.29, 1.82) is 0 Å². The summed E-state index contributed by atoms with van der Waals surface area (Å²) in [6.07, 6.45) is 0.395. The van der Waals surface area contributed by atoms with Gasteiger partial charge in [-0.1, -0.05) is 12.1 Å². The van der Waals surface area contributed by atoms with Crippen LogP contribution in [0.4, 0.5) is 0 Å². The third-order valence-corrected chi connectivity index (χ3v) is 4.85. The van der Waals surface area contributed by atoms with Gasteiger partial charge in [-0.25, -0.2) is 0 Å². The van der Waals surface area contributed by atoms with Gasteiger partial charge in [0.2, 0.25) is 0 Å². The first-order valence-electron chi connectivity index (χ1n) is 6.87. The molecule has 0 saturated heterocycles. The molecule has 0 spiro atoms. The molecule has 0 bridgehead atoms. The number of nitrogens with zero attached hydrogens (tertiary/aromatic N) is 4. The molecule has 1 N–H and O–H groups in total. The number of carbonyl (C=O) groups is 1. The Morgan fingerprint density at radius 2 is 1.52 bits per heavy atom. The normalized spacial score (nSPS) is 12.7. The van der Waals surface area contributed by atoms with Crippen LogP contribution in [0.2, 0.25) is 0 Å². The van der Waals surface area contributed by atoms with Crippen molar-refractivity contribution in [3.8, 4) is 0 Å². The fourth-order valence-corrected chi connectivity index (χ4v) is 3.59. The van der Waals surface area contributed by atoms with Crippen LogP contribution in [0.5, 0.6) is 0 Å². The van der Waals surface area contributed by atoms with E-state index in [1.807, 2.05) is 30.3 Å². The Kier molecular flexibility index (Phi) is 3.47. The fraction of sp³-hybridized carbons (Fsp3) is 0.133. The maximum Gasteiger partial charge on any atom is 0.311 e. The minimum Gasteiger partial charge on any atom is -0.481 e. The standard InChI is InChI=1S/C15H10N4O2S2/c20-15(21)10(9-2-4-12-14(7-9)19-23-17-12)5-8-1-3-11-13(6-8)18-22-16-11/h1-4,6-7,10H,5H2,(H,20,21). The number of aromatic nitrogens is 4. The molecule has 0 amide bonds. The van der Waals surface area contributed by atoms with Gasteiger partial charge in [-0.15, -0.1) is 0 Å². The van der Waals surface area contributed by atoms with Crippen molar-refractivity contribution < 1.29 is 9.90 Å². The van der Waals surface area contributed by atoms with Gasteiger partial charge in [-0.2, -0.15) is 17.5 Å². The lowest BCUT2D eigenvalue weighted by atomic mass is 9.91. The molecule has 0 aliphatic rings. The Bertz CT molecular complexity index is 1010. The lowest BCUT2D eigenvalue weighted by Crippen LogP contribution is -2.14. The van der Waals surface area contributed by atoms with Crippen LogP contribution in [0.1, 0.15) is 17.0 Å². The molecule has 23 heavy (non-hydrogen) atoms. The average molecular weight is 342 g/mol. The molecule has 0 aliphatic heterocycles. The lowest BCUT2D eigenvalue weighted by molar-refractivity contribution is -0.138. The van der Waals surface area contributed by atoms with Crippen molar-refractivity contribution in [2.45, 2.75) is 12.3 Å². The average Bonchev–Trinajstić information content (AvgIpc) is 3.19. The van der Waals surface area contributed by atoms with Gasteiger partial charge < -0.3 is 5.11 Å². The Labute approximate surface area is 139 Å². The van der Waals surface area contributed by atoms with Crippen molar-refractivity contribution in [3.05, 3.63) is 47.5 Å². The SMILES string of the molecule is O=C(O)C(Cc1ccc2nsnc2c1)c1ccc2nsnc2c1. The zero-order valence-corrected chi connectivity index (χ0v) is 13.3. The molecule has 1 atom stereocenters. The molecule has 114 valence electrons. The molecule has 4 rings (SSSR count). The van der Waals surface area contributed by atoms with Gasteiger partial charge in [-0.05, 0) is 41.8 Å². The van der Waals surface area contributed by atoms with Gasteiger partial charge in [-0.3, -0.25) is 4.79 Å². The van der Waals surface area contributed by atoms with E-state index in [1.54, 1.807) is 6.07 Å². The highest BCUT2D eigenvalue weighted by Crippen LogP contribution is 2.26. The van der Waals surface area contributed by atoms with E-state index in [4.69, 9.17) is 0 Å². The minimum atomic E-state index is -0.857. The molecule has 2 aromatic carbocycles. The first kappa shape index (κ1) is 14.2. The fourth-order valence-electron chi connectivity index (χ4n) is 2.55. The Balaban J connectivity index is 1.70. The zero-order valence-electron chi connectivity index (χ0n) is 11.7. The van der Waals surface area contributed by atoms with Crippen LogP contribution in [0.3, 0.4) is 0 Å². The van der Waals surface area contributed by atoms with Gasteiger partial charge in [0, 0.05) is 0 Å². The lowest BCUT2D eigenvalue weighted by Gasteiger charge is -2.13. The third kappa shape index (κ3) is 2.66. The van der Waals surface area contributed by atoms with Crippen molar-refractivity contribution in [1.82, 2.24) is 17.5 Å². The number of fused-ring (bicyclic) bond motifs is 2. The maximum absolute atomic E-state index is 11.7. The summed E-state index contributed by atoms with van der Waals surface area (Å²) in [5.41, 5.74) is 4.82. The highest BCUT2D eigenvalue weighted by molar-refractivity contribution is 7.00. The van der Waals surface area contributed by atoms with E-state index in [2.05, 4.69) is 17.5 Å². The number of aliphatic carboxylic acids is 1. The summed E-state index contributed by atoms with van der Waals surface area (Å²) in [5, 5.41) is 9.62. The van der Waals surface area contributed by atoms with Crippen LogP contribution >= 0.6 is 23.5 Å². The van der Waals surface area contributed by atoms with Gasteiger partial charge >= 0.3 is 5.97 Å². The number of carboxylic acid groups (broad SMARTS) is 1. The van der Waals surface area contributed by atoms with E-state index in [1.165, 1.54) is 0 Å². The predicted molar refractivity (Wildman–Crippen MR) is 88.9 cm³/mol. The largest absolute Gasteiger partial charge is 0.481 e. The Hall–Kier alpha value is -2.45. The molecule has 1 unspecified atom stereocenters. The predicted octanol–water partition coefficient (Wildman–Crippen LogP) is 3.11. The second-order valence-corrected chi connectivity index (χ2v) is 6.25. The number of hydrogen-bond donors (Lipinski definition) is 1. The molecular weight excluding hydrogens is 332 g/mol.